The highest BCUT2D eigenvalue weighted by atomic mass is 16.5. The molecule has 1 aromatic heterocycles. The van der Waals surface area contributed by atoms with Crippen molar-refractivity contribution in [3.05, 3.63) is 30.1 Å². The monoisotopic (exact) mass is 332 g/mol. The van der Waals surface area contributed by atoms with Gasteiger partial charge in [-0.25, -0.2) is 9.98 Å². The second-order valence-electron chi connectivity index (χ2n) is 4.95. The molecule has 0 radical (unpaired) electrons. The van der Waals surface area contributed by atoms with E-state index in [1.165, 1.54) is 0 Å². The van der Waals surface area contributed by atoms with Crippen LogP contribution in [0.5, 0.6) is 5.75 Å². The minimum Gasteiger partial charge on any atom is -0.497 e. The van der Waals surface area contributed by atoms with Gasteiger partial charge in [0.15, 0.2) is 11.8 Å². The quantitative estimate of drug-likeness (QED) is 0.382. The van der Waals surface area contributed by atoms with E-state index in [1.54, 1.807) is 14.2 Å². The first kappa shape index (κ1) is 17.7. The Hall–Kier alpha value is -2.61. The Labute approximate surface area is 141 Å². The molecule has 130 valence electrons. The molecular formula is C16H24N6O2. The molecule has 8 heteroatoms. The van der Waals surface area contributed by atoms with Crippen molar-refractivity contribution in [1.29, 1.82) is 0 Å². The number of hydrogen-bond donors (Lipinski definition) is 3. The van der Waals surface area contributed by atoms with Crippen LogP contribution in [-0.2, 0) is 11.3 Å². The molecule has 0 amide bonds. The molecule has 1 heterocycles. The largest absolute Gasteiger partial charge is 0.497 e. The Morgan fingerprint density at radius 3 is 2.67 bits per heavy atom. The van der Waals surface area contributed by atoms with Gasteiger partial charge in [0.2, 0.25) is 0 Å². The summed E-state index contributed by atoms with van der Waals surface area (Å²) in [7, 11) is 3.31. The van der Waals surface area contributed by atoms with Crippen molar-refractivity contribution in [2.45, 2.75) is 13.5 Å². The number of nitrogens with zero attached hydrogens (tertiary/aromatic N) is 3. The number of hydrogen-bond acceptors (Lipinski definition) is 5. The van der Waals surface area contributed by atoms with Gasteiger partial charge in [0, 0.05) is 25.8 Å². The van der Waals surface area contributed by atoms with E-state index in [-0.39, 0.29) is 0 Å². The first-order valence-electron chi connectivity index (χ1n) is 7.83. The molecule has 2 rings (SSSR count). The fraction of sp³-hybridized carbons (Fsp3) is 0.438. The van der Waals surface area contributed by atoms with Crippen LogP contribution in [0.25, 0.3) is 11.4 Å². The van der Waals surface area contributed by atoms with E-state index < -0.39 is 0 Å². The van der Waals surface area contributed by atoms with Crippen molar-refractivity contribution in [2.24, 2.45) is 4.99 Å². The minimum absolute atomic E-state index is 0.408. The second-order valence-corrected chi connectivity index (χ2v) is 4.95. The summed E-state index contributed by atoms with van der Waals surface area (Å²) in [6, 6.07) is 7.61. The Morgan fingerprint density at radius 1 is 1.21 bits per heavy atom. The molecule has 0 saturated carbocycles. The first-order chi connectivity index (χ1) is 11.8. The first-order valence-corrected chi connectivity index (χ1v) is 7.83. The molecule has 1 aromatic carbocycles. The van der Waals surface area contributed by atoms with Crippen molar-refractivity contribution in [1.82, 2.24) is 25.8 Å². The smallest absolute Gasteiger partial charge is 0.191 e. The lowest BCUT2D eigenvalue weighted by molar-refractivity contribution is 0.203. The highest BCUT2D eigenvalue weighted by Gasteiger charge is 2.06. The van der Waals surface area contributed by atoms with Gasteiger partial charge in [-0.1, -0.05) is 0 Å². The van der Waals surface area contributed by atoms with Gasteiger partial charge in [0.1, 0.15) is 18.1 Å². The summed E-state index contributed by atoms with van der Waals surface area (Å²) in [4.78, 5) is 8.94. The maximum Gasteiger partial charge on any atom is 0.191 e. The van der Waals surface area contributed by atoms with E-state index in [9.17, 15) is 0 Å². The van der Waals surface area contributed by atoms with Crippen molar-refractivity contribution < 1.29 is 9.47 Å². The minimum atomic E-state index is 0.408. The summed E-state index contributed by atoms with van der Waals surface area (Å²) in [5.41, 5.74) is 0.924. The summed E-state index contributed by atoms with van der Waals surface area (Å²) >= 11 is 0. The lowest BCUT2D eigenvalue weighted by atomic mass is 10.2. The number of benzene rings is 1. The van der Waals surface area contributed by atoms with E-state index in [0.29, 0.717) is 31.3 Å². The van der Waals surface area contributed by atoms with E-state index >= 15 is 0 Å². The summed E-state index contributed by atoms with van der Waals surface area (Å²) in [5.74, 6) is 2.86. The molecule has 3 N–H and O–H groups in total. The third-order valence-corrected chi connectivity index (χ3v) is 3.21. The van der Waals surface area contributed by atoms with Gasteiger partial charge in [-0.3, -0.25) is 5.10 Å². The van der Waals surface area contributed by atoms with E-state index in [0.717, 1.165) is 23.8 Å². The Bertz CT molecular complexity index is 638. The molecule has 8 nitrogen and oxygen atoms in total. The standard InChI is InChI=1S/C16H24N6O2/c1-4-17-16(18-9-10-23-2)19-11-14-20-15(22-21-14)12-5-7-13(24-3)8-6-12/h5-8H,4,9-11H2,1-3H3,(H2,17,18,19)(H,20,21,22). The summed E-state index contributed by atoms with van der Waals surface area (Å²) in [6.45, 7) is 4.52. The van der Waals surface area contributed by atoms with Crippen LogP contribution in [0.4, 0.5) is 0 Å². The molecule has 0 fully saturated rings. The zero-order chi connectivity index (χ0) is 17.2. The van der Waals surface area contributed by atoms with Crippen LogP contribution in [0, 0.1) is 0 Å². The molecule has 0 bridgehead atoms. The molecule has 0 unspecified atom stereocenters. The number of ether oxygens (including phenoxy) is 2. The zero-order valence-electron chi connectivity index (χ0n) is 14.3. The van der Waals surface area contributed by atoms with Crippen molar-refractivity contribution >= 4 is 5.96 Å². The molecule has 0 aliphatic heterocycles. The normalized spacial score (nSPS) is 11.4. The summed E-state index contributed by atoms with van der Waals surface area (Å²) < 4.78 is 10.2. The lowest BCUT2D eigenvalue weighted by Crippen LogP contribution is -2.38. The van der Waals surface area contributed by atoms with Crippen LogP contribution in [-0.4, -0.2) is 55.1 Å². The summed E-state index contributed by atoms with van der Waals surface area (Å²) in [5, 5.41) is 13.5. The SMILES string of the molecule is CCNC(=NCc1nc(-c2ccc(OC)cc2)n[nH]1)NCCOC. The van der Waals surface area contributed by atoms with Crippen LogP contribution < -0.4 is 15.4 Å². The topological polar surface area (TPSA) is 96.5 Å². The van der Waals surface area contributed by atoms with Crippen LogP contribution >= 0.6 is 0 Å². The maximum atomic E-state index is 5.15. The van der Waals surface area contributed by atoms with Crippen LogP contribution in [0.1, 0.15) is 12.7 Å². The zero-order valence-corrected chi connectivity index (χ0v) is 14.3. The van der Waals surface area contributed by atoms with Gasteiger partial charge >= 0.3 is 0 Å². The Morgan fingerprint density at radius 2 is 2.00 bits per heavy atom. The Balaban J connectivity index is 1.99. The lowest BCUT2D eigenvalue weighted by Gasteiger charge is -2.10. The molecule has 24 heavy (non-hydrogen) atoms. The molecule has 0 spiro atoms. The predicted octanol–water partition coefficient (Wildman–Crippen LogP) is 1.18. The van der Waals surface area contributed by atoms with E-state index in [2.05, 4.69) is 30.8 Å². The molecular weight excluding hydrogens is 308 g/mol. The average Bonchev–Trinajstić information content (AvgIpc) is 3.09. The molecule has 0 aliphatic carbocycles. The predicted molar refractivity (Wildman–Crippen MR) is 93.1 cm³/mol. The second kappa shape index (κ2) is 9.51. The maximum absolute atomic E-state index is 5.15. The molecule has 0 saturated heterocycles. The number of methoxy groups -OCH3 is 2. The fourth-order valence-corrected chi connectivity index (χ4v) is 2.00. The number of aromatic amines is 1. The van der Waals surface area contributed by atoms with Crippen molar-refractivity contribution in [2.75, 3.05) is 33.9 Å². The van der Waals surface area contributed by atoms with Gasteiger partial charge < -0.3 is 20.1 Å². The number of guanidine groups is 1. The van der Waals surface area contributed by atoms with Gasteiger partial charge in [-0.2, -0.15) is 5.10 Å². The van der Waals surface area contributed by atoms with Crippen molar-refractivity contribution in [3.63, 3.8) is 0 Å². The number of H-pyrrole nitrogens is 1. The molecule has 2 aromatic rings. The van der Waals surface area contributed by atoms with E-state index in [4.69, 9.17) is 9.47 Å². The third-order valence-electron chi connectivity index (χ3n) is 3.21. The number of rotatable bonds is 8. The Kier molecular flexibility index (Phi) is 7.03. The average molecular weight is 332 g/mol. The van der Waals surface area contributed by atoms with Crippen molar-refractivity contribution in [3.8, 4) is 17.1 Å². The van der Waals surface area contributed by atoms with Crippen LogP contribution in [0.15, 0.2) is 29.3 Å². The molecule has 0 aliphatic rings. The summed E-state index contributed by atoms with van der Waals surface area (Å²) in [6.07, 6.45) is 0. The third kappa shape index (κ3) is 5.24. The van der Waals surface area contributed by atoms with Crippen LogP contribution in [0.2, 0.25) is 0 Å². The number of aliphatic imine (C=N–C) groups is 1. The fourth-order valence-electron chi connectivity index (χ4n) is 2.00. The van der Waals surface area contributed by atoms with Crippen LogP contribution in [0.3, 0.4) is 0 Å². The van der Waals surface area contributed by atoms with Gasteiger partial charge in [-0.05, 0) is 31.2 Å². The highest BCUT2D eigenvalue weighted by molar-refractivity contribution is 5.79. The highest BCUT2D eigenvalue weighted by Crippen LogP contribution is 2.18. The van der Waals surface area contributed by atoms with Gasteiger partial charge in [-0.15, -0.1) is 0 Å². The van der Waals surface area contributed by atoms with E-state index in [1.807, 2.05) is 31.2 Å². The number of aromatic nitrogens is 3. The van der Waals surface area contributed by atoms with Gasteiger partial charge in [0.05, 0.1) is 13.7 Å². The molecule has 0 atom stereocenters. The number of nitrogens with one attached hydrogen (secondary N) is 3. The van der Waals surface area contributed by atoms with Gasteiger partial charge in [0.25, 0.3) is 0 Å².